The summed E-state index contributed by atoms with van der Waals surface area (Å²) in [6, 6.07) is 9.81. The maximum atomic E-state index is 13.1. The number of carbonyl (C=O) groups excluding carboxylic acids is 2. The Labute approximate surface area is 204 Å². The quantitative estimate of drug-likeness (QED) is 0.133. The van der Waals surface area contributed by atoms with E-state index in [0.29, 0.717) is 42.4 Å². The summed E-state index contributed by atoms with van der Waals surface area (Å²) < 4.78 is 10.9. The number of Topliss-reactive ketones (excluding diaryl/α,β-unsaturated/α-hetero) is 1. The first-order chi connectivity index (χ1) is 16.6. The number of likely N-dealkylation sites (tertiary alicyclic amines) is 1. The third-order valence-corrected chi connectivity index (χ3v) is 5.70. The number of nitro groups is 1. The number of hydrogen-bond acceptors (Lipinski definition) is 7. The minimum Gasteiger partial charge on any atom is -0.507 e. The van der Waals surface area contributed by atoms with Gasteiger partial charge >= 0.3 is 0 Å². The Kier molecular flexibility index (Phi) is 8.24. The van der Waals surface area contributed by atoms with E-state index in [1.54, 1.807) is 24.3 Å². The molecule has 1 heterocycles. The molecule has 0 aliphatic carbocycles. The second kappa shape index (κ2) is 11.1. The van der Waals surface area contributed by atoms with E-state index in [4.69, 9.17) is 9.47 Å². The Bertz CT molecular complexity index is 1160. The van der Waals surface area contributed by atoms with Gasteiger partial charge in [0.1, 0.15) is 11.5 Å². The predicted octanol–water partition coefficient (Wildman–Crippen LogP) is 4.40. The summed E-state index contributed by atoms with van der Waals surface area (Å²) in [7, 11) is 1.53. The maximum absolute atomic E-state index is 13.1. The molecule has 0 bridgehead atoms. The van der Waals surface area contributed by atoms with Crippen LogP contribution in [0.4, 0.5) is 5.69 Å². The van der Waals surface area contributed by atoms with E-state index in [9.17, 15) is 24.8 Å². The average molecular weight is 483 g/mol. The summed E-state index contributed by atoms with van der Waals surface area (Å²) >= 11 is 0. The van der Waals surface area contributed by atoms with Gasteiger partial charge in [-0.3, -0.25) is 19.7 Å². The molecular formula is C26H30N2O7. The number of ketones is 1. The maximum Gasteiger partial charge on any atom is 0.295 e. The number of benzene rings is 2. The normalized spacial score (nSPS) is 17.3. The molecule has 0 saturated carbocycles. The molecule has 1 unspecified atom stereocenters. The summed E-state index contributed by atoms with van der Waals surface area (Å²) in [4.78, 5) is 38.2. The van der Waals surface area contributed by atoms with Gasteiger partial charge < -0.3 is 19.5 Å². The highest BCUT2D eigenvalue weighted by atomic mass is 16.6. The number of aryl methyl sites for hydroxylation is 1. The number of aliphatic hydroxyl groups is 1. The zero-order valence-electron chi connectivity index (χ0n) is 20.3. The highest BCUT2D eigenvalue weighted by molar-refractivity contribution is 6.46. The lowest BCUT2D eigenvalue weighted by Gasteiger charge is -2.25. The van der Waals surface area contributed by atoms with E-state index in [-0.39, 0.29) is 23.6 Å². The van der Waals surface area contributed by atoms with Crippen molar-refractivity contribution in [2.45, 2.75) is 33.2 Å². The van der Waals surface area contributed by atoms with Crippen molar-refractivity contribution in [2.75, 3.05) is 26.9 Å². The fraction of sp³-hybridized carbons (Fsp3) is 0.385. The van der Waals surface area contributed by atoms with Crippen molar-refractivity contribution in [3.8, 4) is 5.75 Å². The number of hydrogen-bond donors (Lipinski definition) is 1. The standard InChI is InChI=1S/C26H30N2O7/c1-16(2)15-35-21-10-9-19(13-17(21)3)24(29)22-23(18-7-5-8-20(14-18)28(32)33)27(11-6-12-34-4)26(31)25(22)30/h5,7-10,13-14,16,23,29H,6,11-12,15H2,1-4H3. The van der Waals surface area contributed by atoms with Gasteiger partial charge in [-0.15, -0.1) is 0 Å². The number of nitrogens with zero attached hydrogens (tertiary/aromatic N) is 2. The average Bonchev–Trinajstić information content (AvgIpc) is 3.08. The van der Waals surface area contributed by atoms with E-state index >= 15 is 0 Å². The monoisotopic (exact) mass is 482 g/mol. The molecule has 3 rings (SSSR count). The zero-order chi connectivity index (χ0) is 25.7. The van der Waals surface area contributed by atoms with E-state index < -0.39 is 22.7 Å². The minimum atomic E-state index is -0.969. The molecule has 0 radical (unpaired) electrons. The number of amides is 1. The lowest BCUT2D eigenvalue weighted by molar-refractivity contribution is -0.384. The van der Waals surface area contributed by atoms with E-state index in [2.05, 4.69) is 0 Å². The molecule has 1 amide bonds. The molecule has 1 N–H and O–H groups in total. The number of ether oxygens (including phenoxy) is 2. The SMILES string of the molecule is COCCCN1C(=O)C(=O)C(=C(O)c2ccc(OCC(C)C)c(C)c2)C1c1cccc([N+](=O)[O-])c1. The molecule has 9 heteroatoms. The molecule has 2 aromatic rings. The molecule has 186 valence electrons. The first kappa shape index (κ1) is 25.9. The van der Waals surface area contributed by atoms with Gasteiger partial charge in [0.2, 0.25) is 0 Å². The number of carbonyl (C=O) groups is 2. The van der Waals surface area contributed by atoms with Crippen molar-refractivity contribution in [1.29, 1.82) is 0 Å². The summed E-state index contributed by atoms with van der Waals surface area (Å²) in [6.45, 7) is 6.98. The van der Waals surface area contributed by atoms with Crippen molar-refractivity contribution >= 4 is 23.1 Å². The fourth-order valence-corrected chi connectivity index (χ4v) is 4.02. The van der Waals surface area contributed by atoms with Crippen LogP contribution in [0.15, 0.2) is 48.0 Å². The van der Waals surface area contributed by atoms with Crippen molar-refractivity contribution in [2.24, 2.45) is 5.92 Å². The van der Waals surface area contributed by atoms with Crippen LogP contribution in [0.1, 0.15) is 43.0 Å². The first-order valence-electron chi connectivity index (χ1n) is 11.4. The van der Waals surface area contributed by atoms with Gasteiger partial charge in [-0.25, -0.2) is 0 Å². The number of rotatable bonds is 10. The molecular weight excluding hydrogens is 452 g/mol. The van der Waals surface area contributed by atoms with Gasteiger partial charge in [0.15, 0.2) is 0 Å². The van der Waals surface area contributed by atoms with E-state index in [1.165, 1.54) is 30.2 Å². The van der Waals surface area contributed by atoms with Crippen LogP contribution in [-0.2, 0) is 14.3 Å². The summed E-state index contributed by atoms with van der Waals surface area (Å²) in [5.41, 5.74) is 1.20. The molecule has 2 aromatic carbocycles. The Morgan fingerprint density at radius 1 is 1.20 bits per heavy atom. The highest BCUT2D eigenvalue weighted by Gasteiger charge is 2.46. The van der Waals surface area contributed by atoms with Crippen molar-refractivity contribution < 1.29 is 29.1 Å². The zero-order valence-corrected chi connectivity index (χ0v) is 20.3. The van der Waals surface area contributed by atoms with Crippen LogP contribution >= 0.6 is 0 Å². The Balaban J connectivity index is 2.10. The van der Waals surface area contributed by atoms with Gasteiger partial charge in [-0.2, -0.15) is 0 Å². The molecule has 1 aliphatic heterocycles. The molecule has 0 aromatic heterocycles. The topological polar surface area (TPSA) is 119 Å². The van der Waals surface area contributed by atoms with E-state index in [0.717, 1.165) is 5.56 Å². The van der Waals surface area contributed by atoms with Crippen molar-refractivity contribution in [3.63, 3.8) is 0 Å². The molecule has 1 aliphatic rings. The number of methoxy groups -OCH3 is 1. The van der Waals surface area contributed by atoms with Gasteiger partial charge in [0, 0.05) is 38.0 Å². The van der Waals surface area contributed by atoms with Gasteiger partial charge in [0.25, 0.3) is 17.4 Å². The molecule has 1 atom stereocenters. The number of aliphatic hydroxyl groups excluding tert-OH is 1. The first-order valence-corrected chi connectivity index (χ1v) is 11.4. The fourth-order valence-electron chi connectivity index (χ4n) is 4.02. The lowest BCUT2D eigenvalue weighted by Crippen LogP contribution is -2.31. The highest BCUT2D eigenvalue weighted by Crippen LogP contribution is 2.40. The number of nitro benzene ring substituents is 1. The second-order valence-corrected chi connectivity index (χ2v) is 8.88. The summed E-state index contributed by atoms with van der Waals surface area (Å²) in [5, 5.41) is 22.6. The van der Waals surface area contributed by atoms with Crippen LogP contribution in [0.25, 0.3) is 5.76 Å². The molecule has 35 heavy (non-hydrogen) atoms. The van der Waals surface area contributed by atoms with E-state index in [1.807, 2.05) is 20.8 Å². The summed E-state index contributed by atoms with van der Waals surface area (Å²) in [5.74, 6) is -0.952. The number of non-ortho nitro benzene ring substituents is 1. The molecule has 1 saturated heterocycles. The molecule has 1 fully saturated rings. The van der Waals surface area contributed by atoms with Crippen LogP contribution < -0.4 is 4.74 Å². The second-order valence-electron chi connectivity index (χ2n) is 8.88. The Morgan fingerprint density at radius 3 is 2.57 bits per heavy atom. The van der Waals surface area contributed by atoms with Gasteiger partial charge in [-0.1, -0.05) is 26.0 Å². The smallest absolute Gasteiger partial charge is 0.295 e. The van der Waals surface area contributed by atoms with Crippen molar-refractivity contribution in [1.82, 2.24) is 4.90 Å². The summed E-state index contributed by atoms with van der Waals surface area (Å²) in [6.07, 6.45) is 0.454. The van der Waals surface area contributed by atoms with Crippen LogP contribution in [-0.4, -0.2) is 53.5 Å². The predicted molar refractivity (Wildman–Crippen MR) is 130 cm³/mol. The molecule has 9 nitrogen and oxygen atoms in total. The van der Waals surface area contributed by atoms with Crippen molar-refractivity contribution in [3.05, 3.63) is 74.8 Å². The minimum absolute atomic E-state index is 0.108. The van der Waals surface area contributed by atoms with Crippen LogP contribution in [0.3, 0.4) is 0 Å². The van der Waals surface area contributed by atoms with Crippen LogP contribution in [0.5, 0.6) is 5.75 Å². The third kappa shape index (κ3) is 5.68. The Hall–Kier alpha value is -3.72. The largest absolute Gasteiger partial charge is 0.507 e. The van der Waals surface area contributed by atoms with Gasteiger partial charge in [0.05, 0.1) is 23.1 Å². The third-order valence-electron chi connectivity index (χ3n) is 5.70. The van der Waals surface area contributed by atoms with Gasteiger partial charge in [-0.05, 0) is 48.6 Å². The van der Waals surface area contributed by atoms with Crippen LogP contribution in [0.2, 0.25) is 0 Å². The lowest BCUT2D eigenvalue weighted by atomic mass is 9.94. The molecule has 0 spiro atoms. The Morgan fingerprint density at radius 2 is 1.94 bits per heavy atom. The van der Waals surface area contributed by atoms with Crippen LogP contribution in [0, 0.1) is 23.0 Å².